The van der Waals surface area contributed by atoms with Crippen LogP contribution in [-0.4, -0.2) is 20.1 Å². The highest BCUT2D eigenvalue weighted by Crippen LogP contribution is 2.34. The monoisotopic (exact) mass is 211 g/mol. The molecule has 0 aromatic heterocycles. The highest BCUT2D eigenvalue weighted by atomic mass is 28.4. The molecule has 13 heavy (non-hydrogen) atoms. The van der Waals surface area contributed by atoms with Crippen LogP contribution in [0.3, 0.4) is 0 Å². The highest BCUT2D eigenvalue weighted by molar-refractivity contribution is 6.69. The first-order valence-electron chi connectivity index (χ1n) is 3.70. The molecule has 0 radical (unpaired) electrons. The second-order valence-electron chi connectivity index (χ2n) is 3.86. The lowest BCUT2D eigenvalue weighted by atomic mass is 10.1. The molecule has 0 saturated heterocycles. The van der Waals surface area contributed by atoms with E-state index in [4.69, 9.17) is 9.69 Å². The molecule has 2 nitrogen and oxygen atoms in total. The third kappa shape index (κ3) is 3.36. The van der Waals surface area contributed by atoms with Crippen LogP contribution in [0.2, 0.25) is 19.6 Å². The van der Waals surface area contributed by atoms with Crippen LogP contribution in [0.5, 0.6) is 0 Å². The van der Waals surface area contributed by atoms with E-state index in [-0.39, 0.29) is 0 Å². The van der Waals surface area contributed by atoms with Gasteiger partial charge in [-0.05, 0) is 26.6 Å². The molecular weight excluding hydrogens is 199 g/mol. The van der Waals surface area contributed by atoms with E-state index < -0.39 is 20.1 Å². The van der Waals surface area contributed by atoms with Crippen molar-refractivity contribution in [3.05, 3.63) is 0 Å². The Morgan fingerprint density at radius 1 is 1.23 bits per heavy atom. The fourth-order valence-corrected chi connectivity index (χ4v) is 2.14. The smallest absolute Gasteiger partial charge is 0.393 e. The summed E-state index contributed by atoms with van der Waals surface area (Å²) in [5.74, 6) is 0. The summed E-state index contributed by atoms with van der Waals surface area (Å²) in [6.45, 7) is 5.57. The molecule has 0 bridgehead atoms. The van der Waals surface area contributed by atoms with E-state index in [9.17, 15) is 13.2 Å². The van der Waals surface area contributed by atoms with Crippen molar-refractivity contribution in [2.45, 2.75) is 38.3 Å². The number of hydrogen-bond donors (Lipinski definition) is 0. The lowest BCUT2D eigenvalue weighted by molar-refractivity contribution is -0.222. The number of alkyl halides is 3. The van der Waals surface area contributed by atoms with Gasteiger partial charge in [0.1, 0.15) is 6.07 Å². The summed E-state index contributed by atoms with van der Waals surface area (Å²) in [6, 6.07) is 1.16. The first-order chi connectivity index (χ1) is 5.52. The zero-order chi connectivity index (χ0) is 10.9. The minimum Gasteiger partial charge on any atom is -0.393 e. The topological polar surface area (TPSA) is 33.0 Å². The summed E-state index contributed by atoms with van der Waals surface area (Å²) >= 11 is 0. The maximum absolute atomic E-state index is 12.3. The van der Waals surface area contributed by atoms with Crippen molar-refractivity contribution in [1.82, 2.24) is 0 Å². The van der Waals surface area contributed by atoms with Crippen LogP contribution in [0.1, 0.15) is 6.92 Å². The Labute approximate surface area is 76.4 Å². The summed E-state index contributed by atoms with van der Waals surface area (Å²) < 4.78 is 41.7. The molecule has 0 fully saturated rings. The summed E-state index contributed by atoms with van der Waals surface area (Å²) in [7, 11) is -2.37. The Balaban J connectivity index is 4.81. The molecule has 0 amide bonds. The molecule has 0 spiro atoms. The third-order valence-electron chi connectivity index (χ3n) is 1.26. The van der Waals surface area contributed by atoms with Gasteiger partial charge in [0.2, 0.25) is 5.60 Å². The molecule has 0 saturated carbocycles. The summed E-state index contributed by atoms with van der Waals surface area (Å²) in [4.78, 5) is 0. The second-order valence-corrected chi connectivity index (χ2v) is 8.29. The van der Waals surface area contributed by atoms with Crippen LogP contribution in [0.4, 0.5) is 13.2 Å². The predicted octanol–water partition coefficient (Wildman–Crippen LogP) is 2.68. The molecular formula is C7H12F3NOSi. The largest absolute Gasteiger partial charge is 0.429 e. The quantitative estimate of drug-likeness (QED) is 0.658. The first-order valence-corrected chi connectivity index (χ1v) is 7.11. The fourth-order valence-electron chi connectivity index (χ4n) is 0.756. The first kappa shape index (κ1) is 12.5. The van der Waals surface area contributed by atoms with Gasteiger partial charge in [-0.15, -0.1) is 0 Å². The summed E-state index contributed by atoms with van der Waals surface area (Å²) in [6.07, 6.45) is -4.64. The van der Waals surface area contributed by atoms with Gasteiger partial charge in [0.25, 0.3) is 0 Å². The number of halogens is 3. The van der Waals surface area contributed by atoms with Gasteiger partial charge in [0.05, 0.1) is 0 Å². The minimum absolute atomic E-state index is 0.755. The average Bonchev–Trinajstić information content (AvgIpc) is 1.81. The van der Waals surface area contributed by atoms with E-state index in [0.717, 1.165) is 13.0 Å². The lowest BCUT2D eigenvalue weighted by Crippen LogP contribution is -2.49. The second kappa shape index (κ2) is 3.31. The van der Waals surface area contributed by atoms with Gasteiger partial charge in [-0.25, -0.2) is 0 Å². The molecule has 0 aliphatic heterocycles. The molecule has 6 heteroatoms. The Morgan fingerprint density at radius 2 is 1.62 bits per heavy atom. The van der Waals surface area contributed by atoms with E-state index >= 15 is 0 Å². The normalized spacial score (nSPS) is 17.7. The van der Waals surface area contributed by atoms with Crippen LogP contribution < -0.4 is 0 Å². The van der Waals surface area contributed by atoms with Crippen molar-refractivity contribution in [2.24, 2.45) is 0 Å². The molecule has 0 aliphatic rings. The molecule has 1 unspecified atom stereocenters. The van der Waals surface area contributed by atoms with E-state index in [1.807, 2.05) is 0 Å². The Bertz CT molecular complexity index is 227. The molecule has 0 heterocycles. The highest BCUT2D eigenvalue weighted by Gasteiger charge is 2.54. The SMILES string of the molecule is CC(C#N)(O[Si](C)(C)C)C(F)(F)F. The standard InChI is InChI=1S/C7H12F3NOSi/c1-6(5-11,7(8,9)10)12-13(2,3)4/h1-4H3. The van der Waals surface area contributed by atoms with Gasteiger partial charge in [0, 0.05) is 0 Å². The molecule has 0 aromatic rings. The van der Waals surface area contributed by atoms with Crippen molar-refractivity contribution in [3.8, 4) is 6.07 Å². The fraction of sp³-hybridized carbons (Fsp3) is 0.857. The maximum Gasteiger partial charge on any atom is 0.429 e. The molecule has 0 N–H and O–H groups in total. The van der Waals surface area contributed by atoms with Crippen LogP contribution in [0, 0.1) is 11.3 Å². The molecule has 76 valence electrons. The van der Waals surface area contributed by atoms with Crippen molar-refractivity contribution < 1.29 is 17.6 Å². The Kier molecular flexibility index (Phi) is 3.17. The minimum atomic E-state index is -4.64. The van der Waals surface area contributed by atoms with E-state index in [1.165, 1.54) is 0 Å². The lowest BCUT2D eigenvalue weighted by Gasteiger charge is -2.31. The Hall–Kier alpha value is -0.543. The van der Waals surface area contributed by atoms with Crippen molar-refractivity contribution in [1.29, 1.82) is 5.26 Å². The van der Waals surface area contributed by atoms with E-state index in [1.54, 1.807) is 19.6 Å². The van der Waals surface area contributed by atoms with E-state index in [0.29, 0.717) is 0 Å². The zero-order valence-corrected chi connectivity index (χ0v) is 8.99. The summed E-state index contributed by atoms with van der Waals surface area (Å²) in [5, 5.41) is 8.41. The number of nitriles is 1. The predicted molar refractivity (Wildman–Crippen MR) is 44.5 cm³/mol. The van der Waals surface area contributed by atoms with Crippen LogP contribution in [0.15, 0.2) is 0 Å². The van der Waals surface area contributed by atoms with Crippen LogP contribution in [-0.2, 0) is 4.43 Å². The average molecular weight is 211 g/mol. The van der Waals surface area contributed by atoms with Crippen molar-refractivity contribution >= 4 is 8.32 Å². The van der Waals surface area contributed by atoms with Crippen molar-refractivity contribution in [2.75, 3.05) is 0 Å². The van der Waals surface area contributed by atoms with Gasteiger partial charge in [0.15, 0.2) is 8.32 Å². The van der Waals surface area contributed by atoms with E-state index in [2.05, 4.69) is 0 Å². The van der Waals surface area contributed by atoms with Crippen LogP contribution in [0.25, 0.3) is 0 Å². The van der Waals surface area contributed by atoms with Crippen LogP contribution >= 0.6 is 0 Å². The molecule has 0 rings (SSSR count). The molecule has 1 atom stereocenters. The molecule has 0 aliphatic carbocycles. The Morgan fingerprint density at radius 3 is 1.69 bits per heavy atom. The molecule has 0 aromatic carbocycles. The number of rotatable bonds is 2. The van der Waals surface area contributed by atoms with Gasteiger partial charge in [-0.3, -0.25) is 0 Å². The van der Waals surface area contributed by atoms with Gasteiger partial charge in [-0.1, -0.05) is 0 Å². The van der Waals surface area contributed by atoms with Gasteiger partial charge >= 0.3 is 6.18 Å². The number of hydrogen-bond acceptors (Lipinski definition) is 2. The third-order valence-corrected chi connectivity index (χ3v) is 2.29. The number of nitrogens with zero attached hydrogens (tertiary/aromatic N) is 1. The van der Waals surface area contributed by atoms with Gasteiger partial charge in [-0.2, -0.15) is 18.4 Å². The zero-order valence-electron chi connectivity index (χ0n) is 7.99. The maximum atomic E-state index is 12.3. The van der Waals surface area contributed by atoms with Gasteiger partial charge < -0.3 is 4.43 Å². The van der Waals surface area contributed by atoms with Crippen molar-refractivity contribution in [3.63, 3.8) is 0 Å². The summed E-state index contributed by atoms with van der Waals surface area (Å²) in [5.41, 5.74) is -2.67.